The predicted octanol–water partition coefficient (Wildman–Crippen LogP) is 0.763. The van der Waals surface area contributed by atoms with E-state index in [9.17, 15) is 25.7 Å². The van der Waals surface area contributed by atoms with Crippen LogP contribution in [0, 0.1) is 11.3 Å². The number of aliphatic hydroxyl groups excluding tert-OH is 4. The summed E-state index contributed by atoms with van der Waals surface area (Å²) < 4.78 is 5.65. The molecule has 0 aromatic heterocycles. The molecule has 2 aromatic rings. The van der Waals surface area contributed by atoms with Crippen LogP contribution in [0.1, 0.15) is 39.5 Å². The molecule has 1 aliphatic carbocycles. The molecule has 0 radical (unpaired) electrons. The molecule has 5 atom stereocenters. The van der Waals surface area contributed by atoms with Gasteiger partial charge >= 0.3 is 0 Å². The number of aliphatic hydroxyl groups is 4. The van der Waals surface area contributed by atoms with Crippen LogP contribution in [0.2, 0.25) is 0 Å². The molecule has 6 nitrogen and oxygen atoms in total. The molecule has 2 aromatic carbocycles. The number of nitriles is 1. The Labute approximate surface area is 163 Å². The number of ether oxygens (including phenoxy) is 1. The van der Waals surface area contributed by atoms with Crippen LogP contribution in [0.5, 0.6) is 0 Å². The van der Waals surface area contributed by atoms with Crippen LogP contribution in [0.15, 0.2) is 36.4 Å². The summed E-state index contributed by atoms with van der Waals surface area (Å²) >= 11 is 0. The quantitative estimate of drug-likeness (QED) is 0.622. The Balaban J connectivity index is 1.64. The minimum atomic E-state index is -1.43. The van der Waals surface area contributed by atoms with Crippen LogP contribution in [0.3, 0.4) is 0 Å². The number of fused-ring (bicyclic) bond motifs is 1. The van der Waals surface area contributed by atoms with Gasteiger partial charge < -0.3 is 25.2 Å². The number of rotatable bonds is 4. The Morgan fingerprint density at radius 2 is 1.75 bits per heavy atom. The van der Waals surface area contributed by atoms with Crippen LogP contribution in [0.25, 0.3) is 0 Å². The van der Waals surface area contributed by atoms with Crippen molar-refractivity contribution >= 4 is 0 Å². The zero-order valence-corrected chi connectivity index (χ0v) is 15.3. The van der Waals surface area contributed by atoms with Gasteiger partial charge in [0.05, 0.1) is 18.2 Å². The molecule has 0 unspecified atom stereocenters. The van der Waals surface area contributed by atoms with Crippen molar-refractivity contribution in [3.63, 3.8) is 0 Å². The molecule has 0 amide bonds. The van der Waals surface area contributed by atoms with E-state index in [1.54, 1.807) is 18.2 Å². The SMILES string of the molecule is N#Cc1ccc([C@@H]2O[C@H](CO)[C@@H](O)[C@H](O)[C@H]2O)cc1Cc1ccc2c(c1)CC2. The third-order valence-corrected chi connectivity index (χ3v) is 5.80. The van der Waals surface area contributed by atoms with E-state index in [4.69, 9.17) is 4.74 Å². The Morgan fingerprint density at radius 3 is 2.39 bits per heavy atom. The predicted molar refractivity (Wildman–Crippen MR) is 101 cm³/mol. The lowest BCUT2D eigenvalue weighted by Gasteiger charge is -2.40. The Kier molecular flexibility index (Phi) is 5.19. The lowest BCUT2D eigenvalue weighted by atomic mass is 9.85. The molecular formula is C22H23NO5. The van der Waals surface area contributed by atoms with Crippen molar-refractivity contribution in [3.8, 4) is 6.07 Å². The summed E-state index contributed by atoms with van der Waals surface area (Å²) in [7, 11) is 0. The van der Waals surface area contributed by atoms with Crippen molar-refractivity contribution in [2.75, 3.05) is 6.61 Å². The summed E-state index contributed by atoms with van der Waals surface area (Å²) in [5.41, 5.74) is 5.77. The first-order chi connectivity index (χ1) is 13.5. The normalized spacial score (nSPS) is 28.9. The topological polar surface area (TPSA) is 114 Å². The van der Waals surface area contributed by atoms with E-state index < -0.39 is 37.1 Å². The van der Waals surface area contributed by atoms with Crippen molar-refractivity contribution in [1.29, 1.82) is 5.26 Å². The molecule has 6 heteroatoms. The lowest BCUT2D eigenvalue weighted by Crippen LogP contribution is -2.55. The fourth-order valence-corrected chi connectivity index (χ4v) is 4.00. The minimum Gasteiger partial charge on any atom is -0.394 e. The highest BCUT2D eigenvalue weighted by Gasteiger charge is 2.44. The van der Waals surface area contributed by atoms with Gasteiger partial charge in [0.25, 0.3) is 0 Å². The highest BCUT2D eigenvalue weighted by Crippen LogP contribution is 2.34. The fraction of sp³-hybridized carbons (Fsp3) is 0.409. The third-order valence-electron chi connectivity index (χ3n) is 5.80. The largest absolute Gasteiger partial charge is 0.394 e. The van der Waals surface area contributed by atoms with Gasteiger partial charge in [0.2, 0.25) is 0 Å². The third kappa shape index (κ3) is 3.32. The maximum Gasteiger partial charge on any atom is 0.113 e. The number of hydrogen-bond acceptors (Lipinski definition) is 6. The standard InChI is InChI=1S/C22H23NO5/c23-10-16-6-5-15(22-21(27)20(26)19(25)18(11-24)28-22)9-17(16)8-12-1-2-13-3-4-14(13)7-12/h1-2,5-7,9,18-22,24-27H,3-4,8,11H2/t18-,19-,20+,21-,22+/m1/s1. The van der Waals surface area contributed by atoms with Gasteiger partial charge in [0.15, 0.2) is 0 Å². The zero-order valence-electron chi connectivity index (χ0n) is 15.3. The van der Waals surface area contributed by atoms with E-state index >= 15 is 0 Å². The summed E-state index contributed by atoms with van der Waals surface area (Å²) in [6.07, 6.45) is -3.25. The van der Waals surface area contributed by atoms with Crippen molar-refractivity contribution in [2.45, 2.75) is 49.8 Å². The van der Waals surface area contributed by atoms with Gasteiger partial charge in [-0.1, -0.05) is 30.3 Å². The van der Waals surface area contributed by atoms with E-state index in [1.165, 1.54) is 11.1 Å². The monoisotopic (exact) mass is 381 g/mol. The van der Waals surface area contributed by atoms with Crippen molar-refractivity contribution in [1.82, 2.24) is 0 Å². The van der Waals surface area contributed by atoms with Crippen LogP contribution in [0.4, 0.5) is 0 Å². The van der Waals surface area contributed by atoms with E-state index in [2.05, 4.69) is 24.3 Å². The Morgan fingerprint density at radius 1 is 0.964 bits per heavy atom. The second-order valence-corrected chi connectivity index (χ2v) is 7.56. The van der Waals surface area contributed by atoms with Crippen LogP contribution >= 0.6 is 0 Å². The van der Waals surface area contributed by atoms with Crippen LogP contribution < -0.4 is 0 Å². The molecule has 28 heavy (non-hydrogen) atoms. The smallest absolute Gasteiger partial charge is 0.113 e. The molecule has 1 fully saturated rings. The van der Waals surface area contributed by atoms with E-state index in [-0.39, 0.29) is 0 Å². The molecule has 1 saturated heterocycles. The number of hydrogen-bond donors (Lipinski definition) is 4. The molecule has 0 bridgehead atoms. The van der Waals surface area contributed by atoms with E-state index in [1.807, 2.05) is 0 Å². The van der Waals surface area contributed by atoms with Crippen LogP contribution in [-0.2, 0) is 24.0 Å². The minimum absolute atomic E-state index is 0.473. The number of benzene rings is 2. The van der Waals surface area contributed by atoms with Gasteiger partial charge in [-0.25, -0.2) is 0 Å². The summed E-state index contributed by atoms with van der Waals surface area (Å²) in [4.78, 5) is 0. The average molecular weight is 381 g/mol. The molecule has 146 valence electrons. The zero-order chi connectivity index (χ0) is 19.8. The summed E-state index contributed by atoms with van der Waals surface area (Å²) in [5, 5.41) is 49.3. The molecule has 1 aliphatic heterocycles. The van der Waals surface area contributed by atoms with Gasteiger partial charge in [-0.05, 0) is 53.1 Å². The molecule has 0 saturated carbocycles. The molecule has 2 aliphatic rings. The highest BCUT2D eigenvalue weighted by molar-refractivity contribution is 5.46. The number of nitrogens with zero attached hydrogens (tertiary/aromatic N) is 1. The molecule has 0 spiro atoms. The molecule has 4 N–H and O–H groups in total. The second kappa shape index (κ2) is 7.63. The Bertz CT molecular complexity index is 920. The lowest BCUT2D eigenvalue weighted by molar-refractivity contribution is -0.231. The summed E-state index contributed by atoms with van der Waals surface area (Å²) in [5.74, 6) is 0. The molecule has 4 rings (SSSR count). The van der Waals surface area contributed by atoms with Gasteiger partial charge in [0.1, 0.15) is 30.5 Å². The molecular weight excluding hydrogens is 358 g/mol. The maximum atomic E-state index is 10.4. The Hall–Kier alpha value is -2.27. The first-order valence-electron chi connectivity index (χ1n) is 9.46. The number of aryl methyl sites for hydroxylation is 2. The summed E-state index contributed by atoms with van der Waals surface area (Å²) in [6, 6.07) is 13.7. The first kappa shape index (κ1) is 19.1. The van der Waals surface area contributed by atoms with Gasteiger partial charge in [0, 0.05) is 0 Å². The summed E-state index contributed by atoms with van der Waals surface area (Å²) in [6.45, 7) is -0.473. The van der Waals surface area contributed by atoms with Gasteiger partial charge in [-0.15, -0.1) is 0 Å². The van der Waals surface area contributed by atoms with Gasteiger partial charge in [-0.3, -0.25) is 0 Å². The highest BCUT2D eigenvalue weighted by atomic mass is 16.5. The van der Waals surface area contributed by atoms with E-state index in [0.29, 0.717) is 17.5 Å². The van der Waals surface area contributed by atoms with Crippen molar-refractivity contribution in [3.05, 3.63) is 69.8 Å². The first-order valence-corrected chi connectivity index (χ1v) is 9.46. The molecule has 1 heterocycles. The second-order valence-electron chi connectivity index (χ2n) is 7.56. The fourth-order valence-electron chi connectivity index (χ4n) is 4.00. The van der Waals surface area contributed by atoms with Crippen molar-refractivity contribution in [2.24, 2.45) is 0 Å². The van der Waals surface area contributed by atoms with Crippen LogP contribution in [-0.4, -0.2) is 51.4 Å². The van der Waals surface area contributed by atoms with Crippen molar-refractivity contribution < 1.29 is 25.2 Å². The maximum absolute atomic E-state index is 10.4. The average Bonchev–Trinajstić information content (AvgIpc) is 2.68. The van der Waals surface area contributed by atoms with Gasteiger partial charge in [-0.2, -0.15) is 5.26 Å². The van der Waals surface area contributed by atoms with E-state index in [0.717, 1.165) is 24.0 Å².